The van der Waals surface area contributed by atoms with Crippen LogP contribution in [-0.2, 0) is 0 Å². The van der Waals surface area contributed by atoms with Gasteiger partial charge in [0.25, 0.3) is 0 Å². The van der Waals surface area contributed by atoms with Crippen molar-refractivity contribution in [1.82, 2.24) is 9.78 Å². The van der Waals surface area contributed by atoms with Crippen LogP contribution in [0.4, 0.5) is 0 Å². The van der Waals surface area contributed by atoms with Crippen LogP contribution in [0.15, 0.2) is 179 Å². The van der Waals surface area contributed by atoms with E-state index in [1.165, 1.54) is 61.5 Å². The van der Waals surface area contributed by atoms with Crippen LogP contribution in [0, 0.1) is 5.92 Å². The minimum absolute atomic E-state index is 0.0176. The Balaban J connectivity index is 1.24. The molecule has 244 valence electrons. The van der Waals surface area contributed by atoms with Gasteiger partial charge in [-0.05, 0) is 82.0 Å². The molecule has 4 aromatic carbocycles. The van der Waals surface area contributed by atoms with Gasteiger partial charge in [0.15, 0.2) is 0 Å². The van der Waals surface area contributed by atoms with Crippen molar-refractivity contribution in [1.29, 1.82) is 0 Å². The van der Waals surface area contributed by atoms with Crippen LogP contribution in [0.2, 0.25) is 0 Å². The van der Waals surface area contributed by atoms with Gasteiger partial charge in [0.2, 0.25) is 0 Å². The maximum Gasteiger partial charge on any atom is 0.102 e. The fourth-order valence-electron chi connectivity index (χ4n) is 8.75. The molecule has 5 aliphatic rings. The zero-order chi connectivity index (χ0) is 33.7. The standard InChI is InChI=1S/C47H36N4/c1-4-15-31(16-5-1)42-43(32-17-6-2-7-18-32)50-51-46(33-19-8-3-9-20-33)41(37-24-10-11-25-39(37)47(42)51)35-22-12-21-34(29-35)40-30-36-23-13-27-48-44(36)45-38(40)26-14-28-49-45/h1-9,11-23,25-30,37,39,44-45H,10,24H2. The molecule has 0 fully saturated rings. The number of hydrogen-bond donors (Lipinski definition) is 0. The van der Waals surface area contributed by atoms with E-state index in [1.54, 1.807) is 0 Å². The predicted octanol–water partition coefficient (Wildman–Crippen LogP) is 10.4. The Morgan fingerprint density at radius 3 is 2.08 bits per heavy atom. The lowest BCUT2D eigenvalue weighted by molar-refractivity contribution is 0.503. The first-order chi connectivity index (χ1) is 25.3. The van der Waals surface area contributed by atoms with Crippen LogP contribution in [0.25, 0.3) is 39.2 Å². The fourth-order valence-corrected chi connectivity index (χ4v) is 8.75. The summed E-state index contributed by atoms with van der Waals surface area (Å²) in [5.74, 6) is 0.458. The molecule has 3 aliphatic heterocycles. The zero-order valence-corrected chi connectivity index (χ0v) is 28.2. The van der Waals surface area contributed by atoms with Crippen molar-refractivity contribution in [2.75, 3.05) is 0 Å². The Kier molecular flexibility index (Phi) is 7.19. The molecule has 4 heterocycles. The highest BCUT2D eigenvalue weighted by molar-refractivity contribution is 5.98. The van der Waals surface area contributed by atoms with E-state index in [0.29, 0.717) is 0 Å². The number of allylic oxidation sites excluding steroid dienone is 7. The molecule has 4 heteroatoms. The summed E-state index contributed by atoms with van der Waals surface area (Å²) in [6.45, 7) is 0. The van der Waals surface area contributed by atoms with Crippen LogP contribution in [0.5, 0.6) is 0 Å². The second kappa shape index (κ2) is 12.3. The van der Waals surface area contributed by atoms with Gasteiger partial charge < -0.3 is 0 Å². The third-order valence-corrected chi connectivity index (χ3v) is 10.9. The number of benzene rings is 4. The maximum absolute atomic E-state index is 5.59. The topological polar surface area (TPSA) is 42.5 Å². The molecule has 1 aromatic heterocycles. The van der Waals surface area contributed by atoms with Crippen LogP contribution >= 0.6 is 0 Å². The van der Waals surface area contributed by atoms with Crippen molar-refractivity contribution in [2.45, 2.75) is 30.8 Å². The zero-order valence-electron chi connectivity index (χ0n) is 28.2. The van der Waals surface area contributed by atoms with Crippen LogP contribution in [0.1, 0.15) is 41.1 Å². The number of nitrogens with zero attached hydrogens (tertiary/aromatic N) is 4. The Labute approximate surface area is 298 Å². The summed E-state index contributed by atoms with van der Waals surface area (Å²) in [5.41, 5.74) is 15.6. The number of rotatable bonds is 5. The van der Waals surface area contributed by atoms with Crippen molar-refractivity contribution in [3.05, 3.63) is 191 Å². The lowest BCUT2D eigenvalue weighted by atomic mass is 9.70. The highest BCUT2D eigenvalue weighted by Gasteiger charge is 2.41. The van der Waals surface area contributed by atoms with Gasteiger partial charge in [-0.25, -0.2) is 4.68 Å². The minimum Gasteiger partial charge on any atom is -0.282 e. The molecule has 5 aromatic rings. The average Bonchev–Trinajstić information content (AvgIpc) is 3.62. The lowest BCUT2D eigenvalue weighted by Crippen LogP contribution is -2.31. The van der Waals surface area contributed by atoms with Crippen molar-refractivity contribution >= 4 is 29.3 Å². The molecular weight excluding hydrogens is 621 g/mol. The Bertz CT molecular complexity index is 2420. The molecule has 51 heavy (non-hydrogen) atoms. The van der Waals surface area contributed by atoms with Gasteiger partial charge in [-0.15, -0.1) is 0 Å². The SMILES string of the molecule is C1=CC2=CC(c3cccc(C4=C(c5ccccc5)n5nc(-c6ccccc6)c(-c6ccccc6)c5C5C=CCCC45)c3)=C3C=CC=NC3C2N=C1. The summed E-state index contributed by atoms with van der Waals surface area (Å²) < 4.78 is 2.30. The first-order valence-electron chi connectivity index (χ1n) is 18.0. The van der Waals surface area contributed by atoms with Crippen LogP contribution < -0.4 is 0 Å². The molecule has 4 unspecified atom stereocenters. The monoisotopic (exact) mass is 656 g/mol. The number of aromatic nitrogens is 2. The van der Waals surface area contributed by atoms with E-state index in [2.05, 4.69) is 156 Å². The van der Waals surface area contributed by atoms with E-state index in [0.717, 1.165) is 24.1 Å². The van der Waals surface area contributed by atoms with Crippen molar-refractivity contribution in [3.8, 4) is 22.4 Å². The summed E-state index contributed by atoms with van der Waals surface area (Å²) in [6.07, 6.45) is 21.6. The van der Waals surface area contributed by atoms with E-state index >= 15 is 0 Å². The molecule has 2 aliphatic carbocycles. The molecule has 0 saturated heterocycles. The molecule has 10 rings (SSSR count). The lowest BCUT2D eigenvalue weighted by Gasteiger charge is -2.38. The Hall–Kier alpha value is -6.13. The van der Waals surface area contributed by atoms with E-state index < -0.39 is 0 Å². The molecule has 4 atom stereocenters. The average molecular weight is 657 g/mol. The van der Waals surface area contributed by atoms with Crippen LogP contribution in [-0.4, -0.2) is 34.3 Å². The summed E-state index contributed by atoms with van der Waals surface area (Å²) >= 11 is 0. The molecule has 0 saturated carbocycles. The van der Waals surface area contributed by atoms with Gasteiger partial charge in [0, 0.05) is 35.0 Å². The first kappa shape index (κ1) is 29.8. The van der Waals surface area contributed by atoms with Gasteiger partial charge in [0.05, 0.1) is 11.4 Å². The molecule has 0 bridgehead atoms. The molecule has 0 N–H and O–H groups in total. The molecule has 0 amide bonds. The summed E-state index contributed by atoms with van der Waals surface area (Å²) in [4.78, 5) is 9.76. The number of aliphatic imine (C=N–C) groups is 2. The van der Waals surface area contributed by atoms with Crippen LogP contribution in [0.3, 0.4) is 0 Å². The van der Waals surface area contributed by atoms with E-state index in [4.69, 9.17) is 15.1 Å². The number of dihydropyridines is 2. The second-order valence-electron chi connectivity index (χ2n) is 13.8. The molecule has 0 radical (unpaired) electrons. The highest BCUT2D eigenvalue weighted by atomic mass is 15.3. The summed E-state index contributed by atoms with van der Waals surface area (Å²) in [5, 5.41) is 5.59. The van der Waals surface area contributed by atoms with E-state index in [-0.39, 0.29) is 23.9 Å². The largest absolute Gasteiger partial charge is 0.282 e. The second-order valence-corrected chi connectivity index (χ2v) is 13.8. The highest BCUT2D eigenvalue weighted by Crippen LogP contribution is 2.54. The fraction of sp³-hybridized carbons (Fsp3) is 0.128. The third kappa shape index (κ3) is 4.93. The van der Waals surface area contributed by atoms with E-state index in [9.17, 15) is 0 Å². The normalized spacial score (nSPS) is 22.7. The summed E-state index contributed by atoms with van der Waals surface area (Å²) in [7, 11) is 0. The molecule has 4 nitrogen and oxygen atoms in total. The van der Waals surface area contributed by atoms with Crippen molar-refractivity contribution in [2.24, 2.45) is 15.9 Å². The van der Waals surface area contributed by atoms with Gasteiger partial charge in [-0.1, -0.05) is 133 Å². The Morgan fingerprint density at radius 1 is 0.627 bits per heavy atom. The summed E-state index contributed by atoms with van der Waals surface area (Å²) in [6, 6.07) is 41.6. The number of hydrogen-bond acceptors (Lipinski definition) is 3. The first-order valence-corrected chi connectivity index (χ1v) is 18.0. The van der Waals surface area contributed by atoms with Gasteiger partial charge in [-0.3, -0.25) is 9.98 Å². The van der Waals surface area contributed by atoms with Crippen molar-refractivity contribution < 1.29 is 0 Å². The number of fused-ring (bicyclic) bond motifs is 6. The van der Waals surface area contributed by atoms with Gasteiger partial charge in [0.1, 0.15) is 17.8 Å². The van der Waals surface area contributed by atoms with E-state index in [1.807, 2.05) is 18.5 Å². The molecular formula is C47H36N4. The van der Waals surface area contributed by atoms with Crippen molar-refractivity contribution in [3.63, 3.8) is 0 Å². The Morgan fingerprint density at radius 2 is 1.29 bits per heavy atom. The van der Waals surface area contributed by atoms with Gasteiger partial charge in [-0.2, -0.15) is 5.10 Å². The predicted molar refractivity (Wildman–Crippen MR) is 211 cm³/mol. The van der Waals surface area contributed by atoms with Gasteiger partial charge >= 0.3 is 0 Å². The quantitative estimate of drug-likeness (QED) is 0.174. The maximum atomic E-state index is 5.59. The minimum atomic E-state index is -0.0176. The smallest absolute Gasteiger partial charge is 0.102 e. The molecule has 0 spiro atoms. The third-order valence-electron chi connectivity index (χ3n) is 10.9.